The van der Waals surface area contributed by atoms with Gasteiger partial charge in [-0.15, -0.1) is 0 Å². The smallest absolute Gasteiger partial charge is 0.271 e. The van der Waals surface area contributed by atoms with Crippen LogP contribution >= 0.6 is 11.6 Å². The van der Waals surface area contributed by atoms with Gasteiger partial charge in [0.25, 0.3) is 11.6 Å². The van der Waals surface area contributed by atoms with Crippen molar-refractivity contribution in [1.82, 2.24) is 5.32 Å². The second-order valence-corrected chi connectivity index (χ2v) is 5.53. The fourth-order valence-corrected chi connectivity index (χ4v) is 2.34. The van der Waals surface area contributed by atoms with Gasteiger partial charge in [0.1, 0.15) is 5.75 Å². The summed E-state index contributed by atoms with van der Waals surface area (Å²) in [6, 6.07) is 9.07. The Labute approximate surface area is 154 Å². The molecule has 8 nitrogen and oxygen atoms in total. The number of halogens is 1. The highest BCUT2D eigenvalue weighted by atomic mass is 35.5. The van der Waals surface area contributed by atoms with Gasteiger partial charge in [0.2, 0.25) is 0 Å². The molecule has 0 saturated carbocycles. The van der Waals surface area contributed by atoms with E-state index in [1.165, 1.54) is 25.3 Å². The fraction of sp³-hybridized carbons (Fsp3) is 0.235. The number of hydrogen-bond donors (Lipinski definition) is 1. The molecule has 1 amide bonds. The van der Waals surface area contributed by atoms with E-state index in [2.05, 4.69) is 5.32 Å². The molecule has 0 aliphatic heterocycles. The quantitative estimate of drug-likeness (QED) is 0.558. The lowest BCUT2D eigenvalue weighted by atomic mass is 10.2. The molecule has 0 radical (unpaired) electrons. The summed E-state index contributed by atoms with van der Waals surface area (Å²) < 4.78 is 15.6. The minimum Gasteiger partial charge on any atom is -0.493 e. The van der Waals surface area contributed by atoms with Crippen molar-refractivity contribution in [3.63, 3.8) is 0 Å². The zero-order chi connectivity index (χ0) is 19.1. The third-order valence-corrected chi connectivity index (χ3v) is 3.72. The summed E-state index contributed by atoms with van der Waals surface area (Å²) in [6.07, 6.45) is 0. The number of amides is 1. The molecule has 9 heteroatoms. The molecule has 0 bridgehead atoms. The highest BCUT2D eigenvalue weighted by molar-refractivity contribution is 6.32. The van der Waals surface area contributed by atoms with Gasteiger partial charge in [0.05, 0.1) is 24.2 Å². The Morgan fingerprint density at radius 3 is 2.42 bits per heavy atom. The van der Waals surface area contributed by atoms with E-state index < -0.39 is 4.92 Å². The topological polar surface area (TPSA) is 99.9 Å². The van der Waals surface area contributed by atoms with Crippen LogP contribution in [0, 0.1) is 10.1 Å². The van der Waals surface area contributed by atoms with Crippen LogP contribution in [0.25, 0.3) is 0 Å². The van der Waals surface area contributed by atoms with Crippen molar-refractivity contribution < 1.29 is 23.9 Å². The minimum atomic E-state index is -0.564. The molecule has 0 spiro atoms. The molecule has 138 valence electrons. The molecule has 0 heterocycles. The maximum absolute atomic E-state index is 11.9. The molecular weight excluding hydrogens is 364 g/mol. The summed E-state index contributed by atoms with van der Waals surface area (Å²) in [5.74, 6) is 0.986. The first-order chi connectivity index (χ1) is 12.4. The van der Waals surface area contributed by atoms with E-state index in [1.807, 2.05) is 0 Å². The number of ether oxygens (including phenoxy) is 3. The average Bonchev–Trinajstić information content (AvgIpc) is 2.64. The molecule has 0 fully saturated rings. The van der Waals surface area contributed by atoms with Gasteiger partial charge in [-0.1, -0.05) is 17.7 Å². The first kappa shape index (κ1) is 19.3. The zero-order valence-electron chi connectivity index (χ0n) is 14.2. The Bertz CT molecular complexity index is 812. The minimum absolute atomic E-state index is 0.0619. The van der Waals surface area contributed by atoms with Crippen molar-refractivity contribution in [2.24, 2.45) is 0 Å². The highest BCUT2D eigenvalue weighted by Crippen LogP contribution is 2.29. The molecule has 2 aromatic rings. The summed E-state index contributed by atoms with van der Waals surface area (Å²) in [4.78, 5) is 22.0. The molecule has 0 aliphatic carbocycles. The number of nitro benzene ring substituents is 1. The van der Waals surface area contributed by atoms with Crippen LogP contribution in [0.5, 0.6) is 17.2 Å². The Balaban J connectivity index is 1.89. The number of carbonyl (C=O) groups excluding carboxylic acids is 1. The number of methoxy groups -OCH3 is 2. The van der Waals surface area contributed by atoms with Gasteiger partial charge in [0, 0.05) is 18.7 Å². The maximum Gasteiger partial charge on any atom is 0.271 e. The third-order valence-electron chi connectivity index (χ3n) is 3.42. The lowest BCUT2D eigenvalue weighted by molar-refractivity contribution is -0.384. The largest absolute Gasteiger partial charge is 0.493 e. The molecule has 0 unspecified atom stereocenters. The predicted molar refractivity (Wildman–Crippen MR) is 95.0 cm³/mol. The Morgan fingerprint density at radius 1 is 1.12 bits per heavy atom. The molecule has 1 N–H and O–H groups in total. The van der Waals surface area contributed by atoms with Gasteiger partial charge in [-0.3, -0.25) is 14.9 Å². The van der Waals surface area contributed by atoms with E-state index in [0.717, 1.165) is 5.56 Å². The zero-order valence-corrected chi connectivity index (χ0v) is 14.9. The normalized spacial score (nSPS) is 10.1. The van der Waals surface area contributed by atoms with Gasteiger partial charge >= 0.3 is 0 Å². The van der Waals surface area contributed by atoms with E-state index in [4.69, 9.17) is 25.8 Å². The van der Waals surface area contributed by atoms with Gasteiger partial charge in [-0.2, -0.15) is 0 Å². The van der Waals surface area contributed by atoms with Crippen LogP contribution in [0.15, 0.2) is 36.4 Å². The van der Waals surface area contributed by atoms with Crippen molar-refractivity contribution in [3.05, 3.63) is 57.1 Å². The van der Waals surface area contributed by atoms with Crippen LogP contribution in [0.1, 0.15) is 5.56 Å². The second-order valence-electron chi connectivity index (χ2n) is 5.13. The standard InChI is InChI=1S/C17H17ClN2O6/c1-24-15-5-3-11(7-16(15)25-2)9-19-17(21)10-26-14-6-4-12(20(22)23)8-13(14)18/h3-8H,9-10H2,1-2H3,(H,19,21). The Kier molecular flexibility index (Phi) is 6.62. The van der Waals surface area contributed by atoms with Crippen LogP contribution < -0.4 is 19.5 Å². The van der Waals surface area contributed by atoms with Gasteiger partial charge in [0.15, 0.2) is 18.1 Å². The van der Waals surface area contributed by atoms with Crippen LogP contribution in [0.3, 0.4) is 0 Å². The van der Waals surface area contributed by atoms with E-state index >= 15 is 0 Å². The molecular formula is C17H17ClN2O6. The van der Waals surface area contributed by atoms with Crippen molar-refractivity contribution in [3.8, 4) is 17.2 Å². The molecule has 0 saturated heterocycles. The monoisotopic (exact) mass is 380 g/mol. The van der Waals surface area contributed by atoms with Crippen LogP contribution in [-0.2, 0) is 11.3 Å². The number of rotatable bonds is 8. The number of non-ortho nitro benzene ring substituents is 1. The van der Waals surface area contributed by atoms with E-state index in [1.54, 1.807) is 25.3 Å². The van der Waals surface area contributed by atoms with Crippen molar-refractivity contribution >= 4 is 23.2 Å². The predicted octanol–water partition coefficient (Wildman–Crippen LogP) is 2.96. The number of benzene rings is 2. The lowest BCUT2D eigenvalue weighted by Gasteiger charge is -2.11. The second kappa shape index (κ2) is 8.91. The van der Waals surface area contributed by atoms with Gasteiger partial charge in [-0.05, 0) is 23.8 Å². The summed E-state index contributed by atoms with van der Waals surface area (Å²) in [6.45, 7) is 0.00135. The summed E-state index contributed by atoms with van der Waals surface area (Å²) in [5, 5.41) is 13.4. The average molecular weight is 381 g/mol. The molecule has 0 atom stereocenters. The molecule has 2 aromatic carbocycles. The van der Waals surface area contributed by atoms with Gasteiger partial charge in [-0.25, -0.2) is 0 Å². The van der Waals surface area contributed by atoms with E-state index in [-0.39, 0.29) is 35.5 Å². The van der Waals surface area contributed by atoms with Crippen molar-refractivity contribution in [2.45, 2.75) is 6.54 Å². The SMILES string of the molecule is COc1ccc(CNC(=O)COc2ccc([N+](=O)[O-])cc2Cl)cc1OC. The van der Waals surface area contributed by atoms with Crippen LogP contribution in [0.4, 0.5) is 5.69 Å². The van der Waals surface area contributed by atoms with Crippen LogP contribution in [-0.4, -0.2) is 31.7 Å². The first-order valence-corrected chi connectivity index (χ1v) is 7.86. The fourth-order valence-electron chi connectivity index (χ4n) is 2.11. The number of hydrogen-bond acceptors (Lipinski definition) is 6. The lowest BCUT2D eigenvalue weighted by Crippen LogP contribution is -2.28. The summed E-state index contributed by atoms with van der Waals surface area (Å²) >= 11 is 5.90. The number of carbonyl (C=O) groups is 1. The summed E-state index contributed by atoms with van der Waals surface area (Å²) in [7, 11) is 3.07. The Morgan fingerprint density at radius 2 is 1.81 bits per heavy atom. The van der Waals surface area contributed by atoms with Crippen molar-refractivity contribution in [2.75, 3.05) is 20.8 Å². The third kappa shape index (κ3) is 5.00. The molecule has 26 heavy (non-hydrogen) atoms. The molecule has 2 rings (SSSR count). The maximum atomic E-state index is 11.9. The number of nitrogens with one attached hydrogen (secondary N) is 1. The van der Waals surface area contributed by atoms with E-state index in [0.29, 0.717) is 11.5 Å². The van der Waals surface area contributed by atoms with E-state index in [9.17, 15) is 14.9 Å². The molecule has 0 aromatic heterocycles. The molecule has 0 aliphatic rings. The van der Waals surface area contributed by atoms with Gasteiger partial charge < -0.3 is 19.5 Å². The number of nitro groups is 1. The highest BCUT2D eigenvalue weighted by Gasteiger charge is 2.12. The Hall–Kier alpha value is -3.00. The summed E-state index contributed by atoms with van der Waals surface area (Å²) in [5.41, 5.74) is 0.671. The first-order valence-electron chi connectivity index (χ1n) is 7.49. The number of nitrogens with zero attached hydrogens (tertiary/aromatic N) is 1. The van der Waals surface area contributed by atoms with Crippen LogP contribution in [0.2, 0.25) is 5.02 Å². The van der Waals surface area contributed by atoms with Crippen molar-refractivity contribution in [1.29, 1.82) is 0 Å².